The summed E-state index contributed by atoms with van der Waals surface area (Å²) in [4.78, 5) is 0. The number of aromatic nitrogens is 2. The zero-order valence-corrected chi connectivity index (χ0v) is 17.3. The molecule has 2 heterocycles. The van der Waals surface area contributed by atoms with Crippen molar-refractivity contribution in [3.63, 3.8) is 0 Å². The minimum atomic E-state index is 0.846. The molecule has 6 rings (SSSR count). The second kappa shape index (κ2) is 5.92. The van der Waals surface area contributed by atoms with Crippen molar-refractivity contribution < 1.29 is 9.05 Å². The van der Waals surface area contributed by atoms with E-state index in [0.717, 1.165) is 45.2 Å². The molecule has 4 heteroatoms. The van der Waals surface area contributed by atoms with Crippen LogP contribution in [-0.2, 0) is 0 Å². The first kappa shape index (κ1) is 17.2. The normalized spacial score (nSPS) is 12.0. The van der Waals surface area contributed by atoms with E-state index >= 15 is 0 Å². The molecule has 30 heavy (non-hydrogen) atoms. The summed E-state index contributed by atoms with van der Waals surface area (Å²) >= 11 is 0. The first-order valence-electron chi connectivity index (χ1n) is 10.1. The molecule has 146 valence electrons. The van der Waals surface area contributed by atoms with Crippen LogP contribution in [0.3, 0.4) is 0 Å². The predicted molar refractivity (Wildman–Crippen MR) is 120 cm³/mol. The first-order valence-corrected chi connectivity index (χ1v) is 10.1. The van der Waals surface area contributed by atoms with Gasteiger partial charge in [0.15, 0.2) is 0 Å². The van der Waals surface area contributed by atoms with E-state index in [1.807, 2.05) is 27.7 Å². The van der Waals surface area contributed by atoms with Gasteiger partial charge in [-0.1, -0.05) is 58.8 Å². The summed E-state index contributed by atoms with van der Waals surface area (Å²) in [6.07, 6.45) is 0. The van der Waals surface area contributed by atoms with Crippen molar-refractivity contribution in [1.82, 2.24) is 10.3 Å². The van der Waals surface area contributed by atoms with Gasteiger partial charge in [-0.3, -0.25) is 0 Å². The van der Waals surface area contributed by atoms with Crippen LogP contribution in [0.4, 0.5) is 0 Å². The Morgan fingerprint density at radius 1 is 0.533 bits per heavy atom. The van der Waals surface area contributed by atoms with Gasteiger partial charge in [0.2, 0.25) is 0 Å². The first-order chi connectivity index (χ1) is 14.5. The fourth-order valence-electron chi connectivity index (χ4n) is 4.97. The number of nitrogens with zero attached hydrogens (tertiary/aromatic N) is 2. The molecule has 0 radical (unpaired) electrons. The summed E-state index contributed by atoms with van der Waals surface area (Å²) in [5, 5.41) is 15.8. The molecule has 0 aliphatic carbocycles. The molecule has 2 aromatic heterocycles. The van der Waals surface area contributed by atoms with Crippen molar-refractivity contribution >= 4 is 32.3 Å². The van der Waals surface area contributed by atoms with Crippen LogP contribution in [0.5, 0.6) is 0 Å². The Morgan fingerprint density at radius 3 is 1.30 bits per heavy atom. The van der Waals surface area contributed by atoms with Gasteiger partial charge in [0.25, 0.3) is 0 Å². The number of hydrogen-bond acceptors (Lipinski definition) is 4. The van der Waals surface area contributed by atoms with Crippen molar-refractivity contribution in [2.24, 2.45) is 0 Å². The molecular weight excluding hydrogens is 372 g/mol. The van der Waals surface area contributed by atoms with E-state index in [2.05, 4.69) is 58.8 Å². The molecule has 0 bridgehead atoms. The number of aryl methyl sites for hydroxylation is 4. The highest BCUT2D eigenvalue weighted by molar-refractivity contribution is 6.27. The predicted octanol–water partition coefficient (Wildman–Crippen LogP) is 7.13. The third kappa shape index (κ3) is 2.16. The molecule has 0 spiro atoms. The molecule has 6 aromatic rings. The second-order valence-corrected chi connectivity index (χ2v) is 8.05. The van der Waals surface area contributed by atoms with Crippen molar-refractivity contribution in [1.29, 1.82) is 0 Å². The molecule has 0 unspecified atom stereocenters. The highest BCUT2D eigenvalue weighted by atomic mass is 16.5. The van der Waals surface area contributed by atoms with Crippen LogP contribution >= 0.6 is 0 Å². The monoisotopic (exact) mass is 392 g/mol. The minimum absolute atomic E-state index is 0.846. The minimum Gasteiger partial charge on any atom is -0.361 e. The van der Waals surface area contributed by atoms with E-state index in [0.29, 0.717) is 0 Å². The third-order valence-electron chi connectivity index (χ3n) is 6.27. The Hall–Kier alpha value is -3.66. The van der Waals surface area contributed by atoms with Crippen molar-refractivity contribution in [2.45, 2.75) is 27.7 Å². The van der Waals surface area contributed by atoms with Crippen LogP contribution in [0.1, 0.15) is 22.9 Å². The van der Waals surface area contributed by atoms with Crippen molar-refractivity contribution in [3.05, 3.63) is 71.4 Å². The van der Waals surface area contributed by atoms with E-state index in [1.165, 1.54) is 32.3 Å². The lowest BCUT2D eigenvalue weighted by atomic mass is 9.87. The van der Waals surface area contributed by atoms with Gasteiger partial charge in [-0.25, -0.2) is 0 Å². The molecule has 0 aliphatic rings. The SMILES string of the molecule is Cc1noc(C)c1-c1ccc2ccc3c(-c4c(C)noc4C)ccc4ccc1c2c43. The highest BCUT2D eigenvalue weighted by Gasteiger charge is 2.20. The van der Waals surface area contributed by atoms with Crippen molar-refractivity contribution in [2.75, 3.05) is 0 Å². The Kier molecular flexibility index (Phi) is 3.40. The Bertz CT molecular complexity index is 1430. The zero-order chi connectivity index (χ0) is 20.6. The van der Waals surface area contributed by atoms with Crippen LogP contribution in [0.15, 0.2) is 57.6 Å². The fourth-order valence-corrected chi connectivity index (χ4v) is 4.97. The summed E-state index contributed by atoms with van der Waals surface area (Å²) in [5.41, 5.74) is 6.32. The van der Waals surface area contributed by atoms with Crippen LogP contribution in [0.2, 0.25) is 0 Å². The maximum Gasteiger partial charge on any atom is 0.141 e. The second-order valence-electron chi connectivity index (χ2n) is 8.05. The fraction of sp³-hybridized carbons (Fsp3) is 0.154. The van der Waals surface area contributed by atoms with Gasteiger partial charge >= 0.3 is 0 Å². The van der Waals surface area contributed by atoms with Gasteiger partial charge in [-0.2, -0.15) is 0 Å². The van der Waals surface area contributed by atoms with Gasteiger partial charge in [0.05, 0.1) is 11.4 Å². The molecule has 4 nitrogen and oxygen atoms in total. The average molecular weight is 392 g/mol. The summed E-state index contributed by atoms with van der Waals surface area (Å²) in [7, 11) is 0. The third-order valence-corrected chi connectivity index (χ3v) is 6.27. The van der Waals surface area contributed by atoms with E-state index in [1.54, 1.807) is 0 Å². The van der Waals surface area contributed by atoms with E-state index in [9.17, 15) is 0 Å². The Morgan fingerprint density at radius 2 is 0.933 bits per heavy atom. The van der Waals surface area contributed by atoms with Crippen LogP contribution < -0.4 is 0 Å². The number of hydrogen-bond donors (Lipinski definition) is 0. The Labute approximate surface area is 173 Å². The van der Waals surface area contributed by atoms with Gasteiger partial charge < -0.3 is 9.05 Å². The maximum absolute atomic E-state index is 5.47. The average Bonchev–Trinajstić information content (AvgIpc) is 3.26. The molecule has 0 N–H and O–H groups in total. The molecule has 0 atom stereocenters. The van der Waals surface area contributed by atoms with Crippen molar-refractivity contribution in [3.8, 4) is 22.3 Å². The topological polar surface area (TPSA) is 52.1 Å². The van der Waals surface area contributed by atoms with Gasteiger partial charge in [-0.05, 0) is 71.1 Å². The molecule has 4 aromatic carbocycles. The summed E-state index contributed by atoms with van der Waals surface area (Å²) in [6.45, 7) is 7.95. The smallest absolute Gasteiger partial charge is 0.141 e. The van der Waals surface area contributed by atoms with Crippen LogP contribution in [0.25, 0.3) is 54.6 Å². The van der Waals surface area contributed by atoms with E-state index < -0.39 is 0 Å². The number of benzene rings is 4. The standard InChI is InChI=1S/C26H20N2O2/c1-13-23(15(3)29-27-13)19-9-5-17-8-12-22-20(24-14(2)28-30-16(24)4)10-6-18-7-11-21(19)25(17)26(18)22/h5-12H,1-4H3. The highest BCUT2D eigenvalue weighted by Crippen LogP contribution is 2.44. The molecule has 0 saturated carbocycles. The van der Waals surface area contributed by atoms with Gasteiger partial charge in [-0.15, -0.1) is 0 Å². The summed E-state index contributed by atoms with van der Waals surface area (Å²) < 4.78 is 10.9. The van der Waals surface area contributed by atoms with E-state index in [-0.39, 0.29) is 0 Å². The molecule has 0 amide bonds. The molecule has 0 aliphatic heterocycles. The lowest BCUT2D eigenvalue weighted by Gasteiger charge is -2.16. The maximum atomic E-state index is 5.47. The molecule has 0 saturated heterocycles. The summed E-state index contributed by atoms with van der Waals surface area (Å²) in [6, 6.07) is 17.6. The van der Waals surface area contributed by atoms with E-state index in [4.69, 9.17) is 9.05 Å². The summed E-state index contributed by atoms with van der Waals surface area (Å²) in [5.74, 6) is 1.69. The molecular formula is C26H20N2O2. The lowest BCUT2D eigenvalue weighted by Crippen LogP contribution is -1.91. The van der Waals surface area contributed by atoms with Crippen LogP contribution in [0, 0.1) is 27.7 Å². The number of rotatable bonds is 2. The van der Waals surface area contributed by atoms with Gasteiger partial charge in [0, 0.05) is 11.1 Å². The quantitative estimate of drug-likeness (QED) is 0.294. The zero-order valence-electron chi connectivity index (χ0n) is 17.3. The largest absolute Gasteiger partial charge is 0.361 e. The van der Waals surface area contributed by atoms with Crippen LogP contribution in [-0.4, -0.2) is 10.3 Å². The Balaban J connectivity index is 1.78. The molecule has 0 fully saturated rings. The lowest BCUT2D eigenvalue weighted by molar-refractivity contribution is 0.393. The van der Waals surface area contributed by atoms with Gasteiger partial charge in [0.1, 0.15) is 11.5 Å².